The first-order chi connectivity index (χ1) is 13.4. The molecule has 5 nitrogen and oxygen atoms in total. The van der Waals surface area contributed by atoms with Gasteiger partial charge in [-0.05, 0) is 55.2 Å². The monoisotopic (exact) mass is 416 g/mol. The number of imidazole rings is 1. The standard InChI is InChI=1S/C21H25ClN4OS/c1-5-14(7-6-8-15-11-17(15)20(27)25(2)3)19-21(26(4)13-24-19)28-18-10-9-16(22)12-23-18/h5-7,9-10,12-13,15,17H,8,11H2,1-4H3/b7-6-,14-5+/t15-,17-/m0/s1. The number of amides is 1. The van der Waals surface area contributed by atoms with E-state index in [0.29, 0.717) is 10.9 Å². The van der Waals surface area contributed by atoms with Crippen LogP contribution in [0.1, 0.15) is 25.5 Å². The molecule has 1 aliphatic carbocycles. The van der Waals surface area contributed by atoms with Crippen molar-refractivity contribution in [3.8, 4) is 0 Å². The van der Waals surface area contributed by atoms with Crippen molar-refractivity contribution in [2.24, 2.45) is 18.9 Å². The molecule has 0 aromatic carbocycles. The van der Waals surface area contributed by atoms with E-state index in [1.165, 1.54) is 0 Å². The number of aryl methyl sites for hydroxylation is 1. The predicted octanol–water partition coefficient (Wildman–Crippen LogP) is 4.69. The molecule has 1 amide bonds. The second kappa shape index (κ2) is 8.97. The van der Waals surface area contributed by atoms with Crippen LogP contribution in [0.3, 0.4) is 0 Å². The van der Waals surface area contributed by atoms with Gasteiger partial charge >= 0.3 is 0 Å². The van der Waals surface area contributed by atoms with Crippen molar-refractivity contribution in [3.63, 3.8) is 0 Å². The summed E-state index contributed by atoms with van der Waals surface area (Å²) in [5.74, 6) is 0.884. The van der Waals surface area contributed by atoms with Gasteiger partial charge in [0.15, 0.2) is 0 Å². The van der Waals surface area contributed by atoms with Gasteiger partial charge in [-0.1, -0.05) is 29.8 Å². The normalized spacial score (nSPS) is 19.2. The second-order valence-corrected chi connectivity index (χ2v) is 8.59. The number of hydrogen-bond acceptors (Lipinski definition) is 4. The minimum atomic E-state index is 0.186. The predicted molar refractivity (Wildman–Crippen MR) is 114 cm³/mol. The zero-order chi connectivity index (χ0) is 20.3. The number of carbonyl (C=O) groups is 1. The van der Waals surface area contributed by atoms with Gasteiger partial charge in [-0.25, -0.2) is 9.97 Å². The van der Waals surface area contributed by atoms with E-state index in [0.717, 1.165) is 34.2 Å². The third-order valence-electron chi connectivity index (χ3n) is 4.79. The van der Waals surface area contributed by atoms with Crippen molar-refractivity contribution < 1.29 is 4.79 Å². The zero-order valence-electron chi connectivity index (χ0n) is 16.6. The summed E-state index contributed by atoms with van der Waals surface area (Å²) in [6, 6.07) is 3.74. The number of nitrogens with zero attached hydrogens (tertiary/aromatic N) is 4. The summed E-state index contributed by atoms with van der Waals surface area (Å²) in [6.45, 7) is 2.01. The van der Waals surface area contributed by atoms with Gasteiger partial charge in [-0.15, -0.1) is 0 Å². The quantitative estimate of drug-likeness (QED) is 0.614. The van der Waals surface area contributed by atoms with E-state index >= 15 is 0 Å². The number of aromatic nitrogens is 3. The van der Waals surface area contributed by atoms with Crippen LogP contribution >= 0.6 is 23.4 Å². The van der Waals surface area contributed by atoms with Crippen LogP contribution in [0, 0.1) is 11.8 Å². The summed E-state index contributed by atoms with van der Waals surface area (Å²) >= 11 is 7.50. The summed E-state index contributed by atoms with van der Waals surface area (Å²) in [4.78, 5) is 22.6. The number of pyridine rings is 1. The zero-order valence-corrected chi connectivity index (χ0v) is 18.2. The van der Waals surface area contributed by atoms with Crippen LogP contribution in [0.2, 0.25) is 5.02 Å². The Morgan fingerprint density at radius 2 is 2.18 bits per heavy atom. The molecular formula is C21H25ClN4OS. The van der Waals surface area contributed by atoms with E-state index in [4.69, 9.17) is 11.6 Å². The lowest BCUT2D eigenvalue weighted by molar-refractivity contribution is -0.130. The molecule has 2 atom stereocenters. The Hall–Kier alpha value is -2.05. The van der Waals surface area contributed by atoms with Crippen LogP contribution in [-0.4, -0.2) is 39.4 Å². The number of rotatable bonds is 7. The van der Waals surface area contributed by atoms with E-state index in [2.05, 4.69) is 28.2 Å². The van der Waals surface area contributed by atoms with Gasteiger partial charge in [0.2, 0.25) is 5.91 Å². The van der Waals surface area contributed by atoms with E-state index in [1.807, 2.05) is 51.1 Å². The minimum Gasteiger partial charge on any atom is -0.349 e. The summed E-state index contributed by atoms with van der Waals surface area (Å²) in [5.41, 5.74) is 1.99. The molecule has 0 radical (unpaired) electrons. The first-order valence-corrected chi connectivity index (χ1v) is 10.4. The van der Waals surface area contributed by atoms with Crippen molar-refractivity contribution in [1.29, 1.82) is 0 Å². The number of halogens is 1. The fourth-order valence-electron chi connectivity index (χ4n) is 3.08. The number of hydrogen-bond donors (Lipinski definition) is 0. The van der Waals surface area contributed by atoms with E-state index in [-0.39, 0.29) is 11.8 Å². The maximum atomic E-state index is 12.0. The average Bonchev–Trinajstić information content (AvgIpc) is 3.36. The van der Waals surface area contributed by atoms with Crippen LogP contribution in [0.5, 0.6) is 0 Å². The largest absolute Gasteiger partial charge is 0.349 e. The molecule has 1 saturated carbocycles. The molecule has 1 fully saturated rings. The molecule has 0 N–H and O–H groups in total. The molecule has 2 aromatic heterocycles. The van der Waals surface area contributed by atoms with Crippen LogP contribution in [0.15, 0.2) is 52.9 Å². The Labute approximate surface area is 175 Å². The Morgan fingerprint density at radius 3 is 2.82 bits per heavy atom. The molecule has 1 aliphatic rings. The number of carbonyl (C=O) groups excluding carboxylic acids is 1. The van der Waals surface area contributed by atoms with Crippen LogP contribution in [0.25, 0.3) is 5.57 Å². The van der Waals surface area contributed by atoms with Crippen molar-refractivity contribution >= 4 is 34.8 Å². The Bertz CT molecular complexity index is 902. The molecular weight excluding hydrogens is 392 g/mol. The van der Waals surface area contributed by atoms with Gasteiger partial charge in [0.05, 0.1) is 11.3 Å². The van der Waals surface area contributed by atoms with Gasteiger partial charge < -0.3 is 9.47 Å². The highest BCUT2D eigenvalue weighted by Gasteiger charge is 2.42. The summed E-state index contributed by atoms with van der Waals surface area (Å²) in [5, 5.41) is 2.52. The topological polar surface area (TPSA) is 51.0 Å². The summed E-state index contributed by atoms with van der Waals surface area (Å²) < 4.78 is 2.00. The molecule has 2 heterocycles. The smallest absolute Gasteiger partial charge is 0.225 e. The molecule has 3 rings (SSSR count). The van der Waals surface area contributed by atoms with Gasteiger partial charge in [0.1, 0.15) is 15.7 Å². The van der Waals surface area contributed by atoms with Crippen LogP contribution in [-0.2, 0) is 11.8 Å². The van der Waals surface area contributed by atoms with Gasteiger partial charge in [0, 0.05) is 33.3 Å². The molecule has 148 valence electrons. The van der Waals surface area contributed by atoms with Crippen molar-refractivity contribution in [1.82, 2.24) is 19.4 Å². The van der Waals surface area contributed by atoms with Crippen molar-refractivity contribution in [2.75, 3.05) is 14.1 Å². The SMILES string of the molecule is C/C=C(\C=C/C[C@H]1C[C@@H]1C(=O)N(C)C)c1ncn(C)c1Sc1ccc(Cl)cn1. The summed E-state index contributed by atoms with van der Waals surface area (Å²) in [7, 11) is 5.62. The highest BCUT2D eigenvalue weighted by molar-refractivity contribution is 7.99. The molecule has 0 aliphatic heterocycles. The van der Waals surface area contributed by atoms with E-state index in [1.54, 1.807) is 22.9 Å². The van der Waals surface area contributed by atoms with Crippen LogP contribution in [0.4, 0.5) is 0 Å². The summed E-state index contributed by atoms with van der Waals surface area (Å²) in [6.07, 6.45) is 11.7. The van der Waals surface area contributed by atoms with E-state index in [9.17, 15) is 4.79 Å². The van der Waals surface area contributed by atoms with E-state index < -0.39 is 0 Å². The Kier molecular flexibility index (Phi) is 6.62. The van der Waals surface area contributed by atoms with Crippen molar-refractivity contribution in [3.05, 3.63) is 53.6 Å². The Morgan fingerprint density at radius 1 is 1.39 bits per heavy atom. The maximum absolute atomic E-state index is 12.0. The first kappa shape index (κ1) is 20.7. The molecule has 0 unspecified atom stereocenters. The highest BCUT2D eigenvalue weighted by atomic mass is 35.5. The van der Waals surface area contributed by atoms with Gasteiger partial charge in [-0.3, -0.25) is 4.79 Å². The lowest BCUT2D eigenvalue weighted by Gasteiger charge is -2.09. The number of allylic oxidation sites excluding steroid dienone is 4. The second-order valence-electron chi connectivity index (χ2n) is 7.14. The fraction of sp³-hybridized carbons (Fsp3) is 0.381. The molecule has 0 spiro atoms. The minimum absolute atomic E-state index is 0.186. The molecule has 28 heavy (non-hydrogen) atoms. The molecule has 7 heteroatoms. The third kappa shape index (κ3) is 4.86. The maximum Gasteiger partial charge on any atom is 0.225 e. The van der Waals surface area contributed by atoms with Gasteiger partial charge in [0.25, 0.3) is 0 Å². The molecule has 0 bridgehead atoms. The highest BCUT2D eigenvalue weighted by Crippen LogP contribution is 2.42. The van der Waals surface area contributed by atoms with Gasteiger partial charge in [-0.2, -0.15) is 0 Å². The lowest BCUT2D eigenvalue weighted by Crippen LogP contribution is -2.23. The first-order valence-electron chi connectivity index (χ1n) is 9.25. The Balaban J connectivity index is 1.68. The lowest BCUT2D eigenvalue weighted by atomic mass is 10.1. The van der Waals surface area contributed by atoms with Crippen LogP contribution < -0.4 is 0 Å². The molecule has 0 saturated heterocycles. The van der Waals surface area contributed by atoms with Crippen molar-refractivity contribution in [2.45, 2.75) is 29.8 Å². The third-order valence-corrected chi connectivity index (χ3v) is 6.13. The fourth-order valence-corrected chi connectivity index (χ4v) is 4.09. The molecule has 2 aromatic rings. The average molecular weight is 417 g/mol.